The Kier molecular flexibility index (Phi) is 4.09. The zero-order chi connectivity index (χ0) is 14.5. The van der Waals surface area contributed by atoms with Gasteiger partial charge in [-0.2, -0.15) is 5.10 Å². The Bertz CT molecular complexity index is 586. The maximum atomic E-state index is 10.6. The van der Waals surface area contributed by atoms with Gasteiger partial charge < -0.3 is 24.1 Å². The highest BCUT2D eigenvalue weighted by Crippen LogP contribution is 2.36. The summed E-state index contributed by atoms with van der Waals surface area (Å²) in [6.07, 6.45) is 1.48. The third kappa shape index (κ3) is 2.82. The van der Waals surface area contributed by atoms with Crippen molar-refractivity contribution >= 4 is 5.97 Å². The Morgan fingerprint density at radius 1 is 1.25 bits per heavy atom. The maximum Gasteiger partial charge on any atom is 0.205 e. The Morgan fingerprint density at radius 3 is 2.40 bits per heavy atom. The van der Waals surface area contributed by atoms with Crippen molar-refractivity contribution in [1.82, 2.24) is 9.78 Å². The highest BCUT2D eigenvalue weighted by molar-refractivity contribution is 5.83. The second kappa shape index (κ2) is 5.96. The van der Waals surface area contributed by atoms with E-state index >= 15 is 0 Å². The molecule has 0 aliphatic carbocycles. The van der Waals surface area contributed by atoms with Crippen LogP contribution in [0.2, 0.25) is 0 Å². The van der Waals surface area contributed by atoms with Crippen LogP contribution in [0.4, 0.5) is 0 Å². The van der Waals surface area contributed by atoms with E-state index < -0.39 is 5.97 Å². The van der Waals surface area contributed by atoms with Gasteiger partial charge in [-0.05, 0) is 18.2 Å². The number of benzene rings is 1. The normalized spacial score (nSPS) is 10.1. The fourth-order valence-corrected chi connectivity index (χ4v) is 1.63. The summed E-state index contributed by atoms with van der Waals surface area (Å²) in [7, 11) is 3.04. The van der Waals surface area contributed by atoms with Gasteiger partial charge in [0.15, 0.2) is 18.2 Å². The van der Waals surface area contributed by atoms with E-state index in [4.69, 9.17) is 14.2 Å². The van der Waals surface area contributed by atoms with Gasteiger partial charge in [0, 0.05) is 6.20 Å². The zero-order valence-electron chi connectivity index (χ0n) is 11.0. The molecule has 0 atom stereocenters. The molecule has 0 spiro atoms. The van der Waals surface area contributed by atoms with E-state index in [-0.39, 0.29) is 12.4 Å². The van der Waals surface area contributed by atoms with Crippen molar-refractivity contribution in [1.29, 1.82) is 0 Å². The van der Waals surface area contributed by atoms with Gasteiger partial charge in [-0.1, -0.05) is 6.07 Å². The lowest BCUT2D eigenvalue weighted by molar-refractivity contribution is -0.255. The summed E-state index contributed by atoms with van der Waals surface area (Å²) in [4.78, 5) is 10.6. The van der Waals surface area contributed by atoms with Crippen LogP contribution in [0, 0.1) is 0 Å². The lowest BCUT2D eigenvalue weighted by Crippen LogP contribution is -2.23. The van der Waals surface area contributed by atoms with Crippen LogP contribution in [0.15, 0.2) is 30.5 Å². The van der Waals surface area contributed by atoms with E-state index in [1.807, 2.05) is 0 Å². The number of hydrogen-bond acceptors (Lipinski definition) is 6. The van der Waals surface area contributed by atoms with Gasteiger partial charge in [-0.25, -0.2) is 4.68 Å². The van der Waals surface area contributed by atoms with Crippen molar-refractivity contribution in [3.05, 3.63) is 36.2 Å². The molecule has 7 nitrogen and oxygen atoms in total. The lowest BCUT2D eigenvalue weighted by Gasteiger charge is -2.13. The second-order valence-corrected chi connectivity index (χ2v) is 3.79. The molecule has 0 N–H and O–H groups in total. The van der Waals surface area contributed by atoms with Crippen molar-refractivity contribution < 1.29 is 24.1 Å². The third-order valence-electron chi connectivity index (χ3n) is 2.57. The first-order valence-corrected chi connectivity index (χ1v) is 5.74. The van der Waals surface area contributed by atoms with Crippen LogP contribution in [0.3, 0.4) is 0 Å². The molecule has 0 saturated carbocycles. The number of hydrogen-bond donors (Lipinski definition) is 0. The third-order valence-corrected chi connectivity index (χ3v) is 2.57. The molecule has 0 aliphatic heterocycles. The smallest absolute Gasteiger partial charge is 0.205 e. The molecule has 0 aliphatic rings. The second-order valence-electron chi connectivity index (χ2n) is 3.79. The summed E-state index contributed by atoms with van der Waals surface area (Å²) >= 11 is 0. The van der Waals surface area contributed by atoms with Gasteiger partial charge in [-0.3, -0.25) is 0 Å². The lowest BCUT2D eigenvalue weighted by atomic mass is 10.3. The summed E-state index contributed by atoms with van der Waals surface area (Å²) in [6.45, 7) is 0.0179. The van der Waals surface area contributed by atoms with E-state index in [2.05, 4.69) is 5.10 Å². The summed E-state index contributed by atoms with van der Waals surface area (Å²) < 4.78 is 17.3. The molecular weight excluding hydrogens is 264 g/mol. The number of nitrogens with zero attached hydrogens (tertiary/aromatic N) is 2. The van der Waals surface area contributed by atoms with Crippen LogP contribution in [0.25, 0.3) is 0 Å². The molecule has 0 saturated heterocycles. The Labute approximate surface area is 115 Å². The van der Waals surface area contributed by atoms with Crippen LogP contribution < -0.4 is 19.3 Å². The van der Waals surface area contributed by atoms with Crippen molar-refractivity contribution in [2.75, 3.05) is 14.2 Å². The van der Waals surface area contributed by atoms with Crippen molar-refractivity contribution in [3.8, 4) is 17.2 Å². The molecule has 0 radical (unpaired) electrons. The highest BCUT2D eigenvalue weighted by Gasteiger charge is 2.11. The van der Waals surface area contributed by atoms with Crippen LogP contribution >= 0.6 is 0 Å². The number of aromatic carboxylic acids is 1. The molecule has 20 heavy (non-hydrogen) atoms. The number of rotatable bonds is 6. The monoisotopic (exact) mass is 277 g/mol. The quantitative estimate of drug-likeness (QED) is 0.755. The minimum Gasteiger partial charge on any atom is -0.543 e. The van der Waals surface area contributed by atoms with Crippen molar-refractivity contribution in [2.45, 2.75) is 6.73 Å². The van der Waals surface area contributed by atoms with E-state index in [9.17, 15) is 9.90 Å². The first-order chi connectivity index (χ1) is 9.65. The SMILES string of the molecule is COc1cccc(OC)c1OCn1ccc(C(=O)[O-])n1. The fraction of sp³-hybridized carbons (Fsp3) is 0.231. The van der Waals surface area contributed by atoms with Crippen LogP contribution in [0.5, 0.6) is 17.2 Å². The molecule has 0 fully saturated rings. The Balaban J connectivity index is 2.15. The average molecular weight is 277 g/mol. The first-order valence-electron chi connectivity index (χ1n) is 5.74. The molecule has 1 aromatic carbocycles. The van der Waals surface area contributed by atoms with Crippen molar-refractivity contribution in [3.63, 3.8) is 0 Å². The molecule has 1 aromatic heterocycles. The van der Waals surface area contributed by atoms with Crippen LogP contribution in [-0.4, -0.2) is 30.0 Å². The van der Waals surface area contributed by atoms with Gasteiger partial charge >= 0.3 is 0 Å². The first kappa shape index (κ1) is 13.7. The molecule has 1 heterocycles. The summed E-state index contributed by atoms with van der Waals surface area (Å²) in [6, 6.07) is 6.56. The Hall–Kier alpha value is -2.70. The van der Waals surface area contributed by atoms with Gasteiger partial charge in [-0.15, -0.1) is 0 Å². The molecular formula is C13H13N2O5-. The minimum absolute atomic E-state index is 0.0179. The molecule has 0 amide bonds. The number of carbonyl (C=O) groups is 1. The zero-order valence-corrected chi connectivity index (χ0v) is 11.0. The molecule has 0 unspecified atom stereocenters. The average Bonchev–Trinajstić information content (AvgIpc) is 2.93. The highest BCUT2D eigenvalue weighted by atomic mass is 16.5. The summed E-state index contributed by atoms with van der Waals surface area (Å²) in [5.74, 6) is 0.106. The molecule has 106 valence electrons. The number of ether oxygens (including phenoxy) is 3. The minimum atomic E-state index is -1.33. The van der Waals surface area contributed by atoms with E-state index in [1.54, 1.807) is 18.2 Å². The standard InChI is InChI=1S/C13H14N2O5/c1-18-10-4-3-5-11(19-2)12(10)20-8-15-7-6-9(14-15)13(16)17/h3-7H,8H2,1-2H3,(H,16,17)/p-1. The number of methoxy groups -OCH3 is 2. The van der Waals surface area contributed by atoms with Gasteiger partial charge in [0.2, 0.25) is 5.75 Å². The van der Waals surface area contributed by atoms with E-state index in [0.29, 0.717) is 17.2 Å². The number of carboxylic acids is 1. The number of carbonyl (C=O) groups excluding carboxylic acids is 1. The molecule has 7 heteroatoms. The predicted molar refractivity (Wildman–Crippen MR) is 66.7 cm³/mol. The summed E-state index contributed by atoms with van der Waals surface area (Å²) in [5.41, 5.74) is -0.152. The van der Waals surface area contributed by atoms with Crippen molar-refractivity contribution in [2.24, 2.45) is 0 Å². The molecule has 2 rings (SSSR count). The topological polar surface area (TPSA) is 85.6 Å². The van der Waals surface area contributed by atoms with Gasteiger partial charge in [0.1, 0.15) is 5.69 Å². The Morgan fingerprint density at radius 2 is 1.90 bits per heavy atom. The van der Waals surface area contributed by atoms with E-state index in [1.165, 1.54) is 31.2 Å². The number of para-hydroxylation sites is 1. The molecule has 0 bridgehead atoms. The van der Waals surface area contributed by atoms with Crippen LogP contribution in [0.1, 0.15) is 10.5 Å². The number of carboxylic acid groups (broad SMARTS) is 1. The number of aromatic nitrogens is 2. The maximum absolute atomic E-state index is 10.6. The summed E-state index contributed by atoms with van der Waals surface area (Å²) in [5, 5.41) is 14.4. The largest absolute Gasteiger partial charge is 0.543 e. The predicted octanol–water partition coefficient (Wildman–Crippen LogP) is 0.300. The van der Waals surface area contributed by atoms with Crippen LogP contribution in [-0.2, 0) is 6.73 Å². The van der Waals surface area contributed by atoms with Gasteiger partial charge in [0.25, 0.3) is 0 Å². The fourth-order valence-electron chi connectivity index (χ4n) is 1.63. The van der Waals surface area contributed by atoms with Gasteiger partial charge in [0.05, 0.1) is 20.2 Å². The van der Waals surface area contributed by atoms with E-state index in [0.717, 1.165) is 0 Å². The molecule has 2 aromatic rings.